The Morgan fingerprint density at radius 3 is 1.47 bits per heavy atom. The number of hydrogen-bond donors (Lipinski definition) is 0. The van der Waals surface area contributed by atoms with Gasteiger partial charge in [0.05, 0.1) is 0 Å². The van der Waals surface area contributed by atoms with E-state index in [0.717, 1.165) is 0 Å². The third kappa shape index (κ3) is 3.07. The van der Waals surface area contributed by atoms with Crippen LogP contribution in [-0.4, -0.2) is 14.7 Å². The monoisotopic (exact) mass is 470 g/mol. The first kappa shape index (κ1) is 19.4. The summed E-state index contributed by atoms with van der Waals surface area (Å²) in [4.78, 5) is 0. The van der Waals surface area contributed by atoms with Gasteiger partial charge in [-0.1, -0.05) is 0 Å². The Morgan fingerprint density at radius 2 is 0.906 bits per heavy atom. The maximum absolute atomic E-state index is 2.51. The van der Waals surface area contributed by atoms with Gasteiger partial charge in [-0.3, -0.25) is 0 Å². The van der Waals surface area contributed by atoms with Gasteiger partial charge >= 0.3 is 195 Å². The third-order valence-electron chi connectivity index (χ3n) is 6.40. The first-order valence-corrected chi connectivity index (χ1v) is 14.8. The van der Waals surface area contributed by atoms with Crippen LogP contribution < -0.4 is 4.35 Å². The summed E-state index contributed by atoms with van der Waals surface area (Å²) in [5.74, 6) is 0. The zero-order valence-corrected chi connectivity index (χ0v) is 19.9. The van der Waals surface area contributed by atoms with Crippen LogP contribution >= 0.6 is 0 Å². The van der Waals surface area contributed by atoms with Crippen LogP contribution in [0.5, 0.6) is 0 Å². The van der Waals surface area contributed by atoms with E-state index in [2.05, 4.69) is 127 Å². The van der Waals surface area contributed by atoms with Gasteiger partial charge in [0, 0.05) is 0 Å². The van der Waals surface area contributed by atoms with Crippen LogP contribution in [0.1, 0.15) is 11.1 Å². The first-order chi connectivity index (χ1) is 15.8. The van der Waals surface area contributed by atoms with E-state index < -0.39 is 14.7 Å². The van der Waals surface area contributed by atoms with Crippen molar-refractivity contribution < 1.29 is 0 Å². The molecule has 5 aromatic carbocycles. The minimum atomic E-state index is -1.48. The fraction of sp³-hybridized carbons (Fsp3) is 0.0323. The van der Waals surface area contributed by atoms with E-state index in [-0.39, 0.29) is 0 Å². The van der Waals surface area contributed by atoms with Crippen molar-refractivity contribution in [3.8, 4) is 22.3 Å². The van der Waals surface area contributed by atoms with Gasteiger partial charge in [0.15, 0.2) is 0 Å². The molecule has 1 heteroatoms. The second kappa shape index (κ2) is 7.97. The molecule has 0 saturated heterocycles. The molecule has 32 heavy (non-hydrogen) atoms. The summed E-state index contributed by atoms with van der Waals surface area (Å²) < 4.78 is 3.12. The molecular weight excluding hydrogens is 447 g/mol. The van der Waals surface area contributed by atoms with E-state index in [9.17, 15) is 0 Å². The van der Waals surface area contributed by atoms with Crippen LogP contribution in [0.2, 0.25) is 5.71 Å². The van der Waals surface area contributed by atoms with E-state index in [1.807, 2.05) is 0 Å². The molecule has 0 bridgehead atoms. The zero-order chi connectivity index (χ0) is 21.5. The Bertz CT molecular complexity index is 1450. The Morgan fingerprint density at radius 1 is 0.469 bits per heavy atom. The molecule has 152 valence electrons. The summed E-state index contributed by atoms with van der Waals surface area (Å²) in [6, 6.07) is 41.8. The fourth-order valence-corrected chi connectivity index (χ4v) is 9.65. The standard InChI is InChI=1S/C31H23As/c1-32-28(22-13-5-2-6-14-22)21-27-29(23-15-7-3-8-16-23)25-19-11-12-20-26(25)30(31(27)32)24-17-9-4-10-18-24/h2-21H,1H3. The molecule has 0 N–H and O–H groups in total. The van der Waals surface area contributed by atoms with Gasteiger partial charge < -0.3 is 0 Å². The predicted molar refractivity (Wildman–Crippen MR) is 140 cm³/mol. The molecule has 0 radical (unpaired) electrons. The van der Waals surface area contributed by atoms with Crippen molar-refractivity contribution >= 4 is 40.2 Å². The first-order valence-electron chi connectivity index (χ1n) is 11.0. The molecule has 1 aliphatic heterocycles. The van der Waals surface area contributed by atoms with Gasteiger partial charge in [0.2, 0.25) is 0 Å². The molecule has 1 heterocycles. The summed E-state index contributed by atoms with van der Waals surface area (Å²) in [5.41, 5.74) is 10.7. The van der Waals surface area contributed by atoms with E-state index in [0.29, 0.717) is 0 Å². The van der Waals surface area contributed by atoms with Gasteiger partial charge in [-0.05, 0) is 0 Å². The fourth-order valence-electron chi connectivity index (χ4n) is 4.99. The van der Waals surface area contributed by atoms with Crippen LogP contribution in [0.25, 0.3) is 43.5 Å². The molecule has 0 spiro atoms. The van der Waals surface area contributed by atoms with Crippen molar-refractivity contribution in [3.05, 3.63) is 126 Å². The summed E-state index contributed by atoms with van der Waals surface area (Å²) in [6.07, 6.45) is 2.51. The number of fused-ring (bicyclic) bond motifs is 2. The van der Waals surface area contributed by atoms with Gasteiger partial charge in [-0.2, -0.15) is 0 Å². The predicted octanol–water partition coefficient (Wildman–Crippen LogP) is 7.60. The molecule has 0 aliphatic carbocycles. The SMILES string of the molecule is C[As]1C(c2ccccc2)=Cc2c1c(-c1ccccc1)c1ccccc1c2-c1ccccc1. The van der Waals surface area contributed by atoms with Crippen LogP contribution in [0, 0.1) is 0 Å². The van der Waals surface area contributed by atoms with Crippen molar-refractivity contribution in [1.82, 2.24) is 0 Å². The Hall–Kier alpha value is -3.34. The van der Waals surface area contributed by atoms with Gasteiger partial charge in [0.25, 0.3) is 0 Å². The van der Waals surface area contributed by atoms with Crippen LogP contribution in [0.4, 0.5) is 0 Å². The molecule has 1 atom stereocenters. The minimum absolute atomic E-state index is 1.30. The summed E-state index contributed by atoms with van der Waals surface area (Å²) in [5, 5.41) is 2.70. The summed E-state index contributed by atoms with van der Waals surface area (Å²) in [6.45, 7) is 0. The molecule has 6 rings (SSSR count). The number of rotatable bonds is 3. The molecule has 0 aromatic heterocycles. The molecular formula is C31H23As. The van der Waals surface area contributed by atoms with E-state index in [1.165, 1.54) is 48.5 Å². The van der Waals surface area contributed by atoms with Crippen LogP contribution in [0.3, 0.4) is 0 Å². The number of hydrogen-bond acceptors (Lipinski definition) is 0. The van der Waals surface area contributed by atoms with Crippen molar-refractivity contribution in [3.63, 3.8) is 0 Å². The third-order valence-corrected chi connectivity index (χ3v) is 11.1. The molecule has 0 nitrogen and oxygen atoms in total. The van der Waals surface area contributed by atoms with Gasteiger partial charge in [0.1, 0.15) is 0 Å². The number of benzene rings is 5. The second-order valence-corrected chi connectivity index (χ2v) is 12.5. The topological polar surface area (TPSA) is 0 Å². The summed E-state index contributed by atoms with van der Waals surface area (Å²) in [7, 11) is 0. The Kier molecular flexibility index (Phi) is 4.82. The van der Waals surface area contributed by atoms with Crippen LogP contribution in [0.15, 0.2) is 115 Å². The van der Waals surface area contributed by atoms with Crippen molar-refractivity contribution in [2.24, 2.45) is 0 Å². The Balaban J connectivity index is 1.76. The molecule has 0 saturated carbocycles. The molecule has 0 amide bonds. The van der Waals surface area contributed by atoms with E-state index >= 15 is 0 Å². The zero-order valence-electron chi connectivity index (χ0n) is 18.0. The second-order valence-electron chi connectivity index (χ2n) is 8.24. The van der Waals surface area contributed by atoms with Crippen LogP contribution in [-0.2, 0) is 0 Å². The van der Waals surface area contributed by atoms with Crippen molar-refractivity contribution in [2.75, 3.05) is 0 Å². The van der Waals surface area contributed by atoms with Crippen molar-refractivity contribution in [1.29, 1.82) is 0 Å². The quantitative estimate of drug-likeness (QED) is 0.238. The molecule has 1 unspecified atom stereocenters. The maximum atomic E-state index is 2.51. The average molecular weight is 470 g/mol. The molecule has 5 aromatic rings. The van der Waals surface area contributed by atoms with E-state index in [4.69, 9.17) is 0 Å². The van der Waals surface area contributed by atoms with E-state index in [1.54, 1.807) is 4.35 Å². The average Bonchev–Trinajstić information content (AvgIpc) is 3.20. The molecule has 0 fully saturated rings. The van der Waals surface area contributed by atoms with Crippen molar-refractivity contribution in [2.45, 2.75) is 5.71 Å². The van der Waals surface area contributed by atoms with Gasteiger partial charge in [-0.25, -0.2) is 0 Å². The Labute approximate surface area is 194 Å². The molecule has 1 aliphatic rings. The summed E-state index contributed by atoms with van der Waals surface area (Å²) >= 11 is -1.48. The normalized spacial score (nSPS) is 14.9. The van der Waals surface area contributed by atoms with Gasteiger partial charge in [-0.15, -0.1) is 0 Å².